The predicted molar refractivity (Wildman–Crippen MR) is 123 cm³/mol. The number of aryl methyl sites for hydroxylation is 1. The van der Waals surface area contributed by atoms with Crippen molar-refractivity contribution in [2.24, 2.45) is 7.05 Å². The number of anilines is 2. The van der Waals surface area contributed by atoms with Crippen LogP contribution in [0.1, 0.15) is 29.9 Å². The number of aromatic nitrogens is 4. The van der Waals surface area contributed by atoms with Gasteiger partial charge in [0.2, 0.25) is 0 Å². The molecule has 3 atom stereocenters. The first kappa shape index (κ1) is 25.7. The molecular weight excluding hydrogens is 481 g/mol. The number of nitrogen functional groups attached to an aromatic ring is 1. The lowest BCUT2D eigenvalue weighted by molar-refractivity contribution is -0.237. The first-order valence-electron chi connectivity index (χ1n) is 11.0. The molecule has 0 saturated carbocycles. The Bertz CT molecular complexity index is 1200. The van der Waals surface area contributed by atoms with E-state index in [0.29, 0.717) is 28.5 Å². The number of hydrogen-bond acceptors (Lipinski definition) is 9. The Morgan fingerprint density at radius 3 is 2.42 bits per heavy atom. The van der Waals surface area contributed by atoms with Crippen molar-refractivity contribution in [1.29, 1.82) is 0 Å². The summed E-state index contributed by atoms with van der Waals surface area (Å²) in [6.07, 6.45) is -6.78. The highest BCUT2D eigenvalue weighted by atomic mass is 19.4. The molecule has 0 spiro atoms. The van der Waals surface area contributed by atoms with Crippen LogP contribution in [0.15, 0.2) is 42.5 Å². The van der Waals surface area contributed by atoms with Gasteiger partial charge in [-0.25, -0.2) is 0 Å². The second-order valence-corrected chi connectivity index (χ2v) is 8.64. The number of aliphatic hydroxyl groups excluding tert-OH is 1. The smallest absolute Gasteiger partial charge is 0.416 e. The highest BCUT2D eigenvalue weighted by molar-refractivity contribution is 5.57. The van der Waals surface area contributed by atoms with E-state index in [4.69, 9.17) is 19.9 Å². The second-order valence-electron chi connectivity index (χ2n) is 8.64. The van der Waals surface area contributed by atoms with Gasteiger partial charge in [0.05, 0.1) is 25.2 Å². The molecule has 1 aliphatic heterocycles. The van der Waals surface area contributed by atoms with Gasteiger partial charge in [0, 0.05) is 31.2 Å². The summed E-state index contributed by atoms with van der Waals surface area (Å²) in [5.74, 6) is 0.698. The maximum atomic E-state index is 13.3. The van der Waals surface area contributed by atoms with Crippen LogP contribution in [0.5, 0.6) is 5.75 Å². The molecular formula is C23H27F3N6O4. The molecule has 1 aromatic heterocycles. The van der Waals surface area contributed by atoms with Crippen LogP contribution in [0, 0.1) is 0 Å². The average Bonchev–Trinajstić information content (AvgIpc) is 3.24. The summed E-state index contributed by atoms with van der Waals surface area (Å²) in [4.78, 5) is 2.95. The minimum atomic E-state index is -4.50. The summed E-state index contributed by atoms with van der Waals surface area (Å²) in [7, 11) is 4.43. The second kappa shape index (κ2) is 9.56. The zero-order valence-electron chi connectivity index (χ0n) is 20.1. The SMILES string of the molecule is COC(OC)[C@@]1(C)Oc2ccc(N)cc2[C@H](N(Cc2nnn(C)n2)c2ccc(C(F)(F)F)cc2)[C@H]1O. The van der Waals surface area contributed by atoms with E-state index in [1.165, 1.54) is 31.1 Å². The van der Waals surface area contributed by atoms with Crippen molar-refractivity contribution in [3.8, 4) is 5.75 Å². The highest BCUT2D eigenvalue weighted by Crippen LogP contribution is 2.47. The van der Waals surface area contributed by atoms with Gasteiger partial charge in [-0.1, -0.05) is 0 Å². The molecule has 0 amide bonds. The Morgan fingerprint density at radius 1 is 1.19 bits per heavy atom. The number of methoxy groups -OCH3 is 2. The van der Waals surface area contributed by atoms with Crippen LogP contribution in [-0.4, -0.2) is 57.5 Å². The summed E-state index contributed by atoms with van der Waals surface area (Å²) in [5, 5.41) is 23.8. The molecule has 0 fully saturated rings. The monoisotopic (exact) mass is 508 g/mol. The van der Waals surface area contributed by atoms with Crippen LogP contribution in [0.2, 0.25) is 0 Å². The predicted octanol–water partition coefficient (Wildman–Crippen LogP) is 2.69. The van der Waals surface area contributed by atoms with E-state index >= 15 is 0 Å². The summed E-state index contributed by atoms with van der Waals surface area (Å²) in [5.41, 5.74) is 5.17. The number of tetrazole rings is 1. The van der Waals surface area contributed by atoms with Crippen LogP contribution in [-0.2, 0) is 29.2 Å². The fraction of sp³-hybridized carbons (Fsp3) is 0.435. The molecule has 0 bridgehead atoms. The van der Waals surface area contributed by atoms with Crippen LogP contribution in [0.4, 0.5) is 24.5 Å². The number of halogens is 3. The van der Waals surface area contributed by atoms with E-state index in [2.05, 4.69) is 15.4 Å². The van der Waals surface area contributed by atoms with E-state index < -0.39 is 35.8 Å². The fourth-order valence-electron chi connectivity index (χ4n) is 4.49. The number of nitrogens with zero attached hydrogens (tertiary/aromatic N) is 5. The van der Waals surface area contributed by atoms with Gasteiger partial charge in [-0.2, -0.15) is 18.0 Å². The molecule has 36 heavy (non-hydrogen) atoms. The Kier molecular flexibility index (Phi) is 6.82. The molecule has 4 rings (SSSR count). The third-order valence-electron chi connectivity index (χ3n) is 6.19. The number of ether oxygens (including phenoxy) is 3. The van der Waals surface area contributed by atoms with Crippen molar-refractivity contribution in [3.63, 3.8) is 0 Å². The molecule has 10 nitrogen and oxygen atoms in total. The molecule has 194 valence electrons. The first-order valence-corrected chi connectivity index (χ1v) is 11.0. The first-order chi connectivity index (χ1) is 17.0. The summed E-state index contributed by atoms with van der Waals surface area (Å²) >= 11 is 0. The molecule has 0 saturated heterocycles. The van der Waals surface area contributed by atoms with Crippen LogP contribution < -0.4 is 15.4 Å². The Balaban J connectivity index is 1.88. The quantitative estimate of drug-likeness (QED) is 0.367. The summed E-state index contributed by atoms with van der Waals surface area (Å²) < 4.78 is 56.8. The van der Waals surface area contributed by atoms with Gasteiger partial charge in [-0.3, -0.25) is 0 Å². The lowest BCUT2D eigenvalue weighted by Crippen LogP contribution is -2.62. The molecule has 13 heteroatoms. The number of aliphatic hydroxyl groups is 1. The lowest BCUT2D eigenvalue weighted by atomic mass is 9.83. The maximum absolute atomic E-state index is 13.3. The van der Waals surface area contributed by atoms with Gasteiger partial charge < -0.3 is 30.0 Å². The molecule has 3 aromatic rings. The number of benzene rings is 2. The van der Waals surface area contributed by atoms with Gasteiger partial charge in [-0.15, -0.1) is 10.2 Å². The van der Waals surface area contributed by atoms with Crippen LogP contribution >= 0.6 is 0 Å². The van der Waals surface area contributed by atoms with E-state index in [1.807, 2.05) is 0 Å². The van der Waals surface area contributed by atoms with Crippen molar-refractivity contribution in [1.82, 2.24) is 20.2 Å². The third-order valence-corrected chi connectivity index (χ3v) is 6.19. The minimum Gasteiger partial charge on any atom is -0.479 e. The highest BCUT2D eigenvalue weighted by Gasteiger charge is 2.54. The minimum absolute atomic E-state index is 0.00980. The van der Waals surface area contributed by atoms with Crippen molar-refractivity contribution in [3.05, 3.63) is 59.4 Å². The van der Waals surface area contributed by atoms with Crippen molar-refractivity contribution < 1.29 is 32.5 Å². The van der Waals surface area contributed by atoms with E-state index in [-0.39, 0.29) is 6.54 Å². The summed E-state index contributed by atoms with van der Waals surface area (Å²) in [6, 6.07) is 8.71. The average molecular weight is 509 g/mol. The van der Waals surface area contributed by atoms with E-state index in [1.54, 1.807) is 37.1 Å². The number of fused-ring (bicyclic) bond motifs is 1. The standard InChI is InChI=1S/C23H27F3N6O4/c1-22(21(34-3)35-4)20(33)19(16-11-14(27)7-10-17(16)36-22)32(12-18-28-30-31(2)29-18)15-8-5-13(6-9-15)23(24,25)26/h5-11,19-21,33H,12,27H2,1-4H3/t19-,20+,22-/m0/s1. The van der Waals surface area contributed by atoms with Gasteiger partial charge >= 0.3 is 6.18 Å². The topological polar surface area (TPSA) is 121 Å². The maximum Gasteiger partial charge on any atom is 0.416 e. The fourth-order valence-corrected chi connectivity index (χ4v) is 4.49. The zero-order valence-corrected chi connectivity index (χ0v) is 20.1. The Morgan fingerprint density at radius 2 is 1.86 bits per heavy atom. The van der Waals surface area contributed by atoms with Crippen molar-refractivity contribution in [2.45, 2.75) is 43.7 Å². The Labute approximate surface area is 205 Å². The van der Waals surface area contributed by atoms with E-state index in [9.17, 15) is 18.3 Å². The molecule has 3 N–H and O–H groups in total. The molecule has 0 unspecified atom stereocenters. The van der Waals surface area contributed by atoms with Crippen molar-refractivity contribution in [2.75, 3.05) is 24.9 Å². The number of alkyl halides is 3. The normalized spacial score (nSPS) is 21.8. The third kappa shape index (κ3) is 4.68. The van der Waals surface area contributed by atoms with Gasteiger partial charge in [0.1, 0.15) is 11.9 Å². The molecule has 0 radical (unpaired) electrons. The molecule has 2 heterocycles. The largest absolute Gasteiger partial charge is 0.479 e. The number of rotatable bonds is 7. The Hall–Kier alpha value is -3.42. The van der Waals surface area contributed by atoms with Crippen molar-refractivity contribution >= 4 is 11.4 Å². The van der Waals surface area contributed by atoms with Crippen LogP contribution in [0.3, 0.4) is 0 Å². The van der Waals surface area contributed by atoms with E-state index in [0.717, 1.165) is 12.1 Å². The summed E-state index contributed by atoms with van der Waals surface area (Å²) in [6.45, 7) is 1.64. The van der Waals surface area contributed by atoms with Gasteiger partial charge in [0.25, 0.3) is 0 Å². The van der Waals surface area contributed by atoms with Gasteiger partial charge in [-0.05, 0) is 54.6 Å². The molecule has 2 aromatic carbocycles. The number of nitrogens with two attached hydrogens (primary N) is 1. The molecule has 0 aliphatic carbocycles. The van der Waals surface area contributed by atoms with Crippen LogP contribution in [0.25, 0.3) is 0 Å². The zero-order chi connectivity index (χ0) is 26.3. The lowest BCUT2D eigenvalue weighted by Gasteiger charge is -2.49. The molecule has 1 aliphatic rings. The van der Waals surface area contributed by atoms with Gasteiger partial charge in [0.15, 0.2) is 17.7 Å². The number of hydrogen-bond donors (Lipinski definition) is 2.